The van der Waals surface area contributed by atoms with Crippen molar-refractivity contribution in [2.45, 2.75) is 18.1 Å². The van der Waals surface area contributed by atoms with Gasteiger partial charge in [0.15, 0.2) is 5.41 Å². The van der Waals surface area contributed by atoms with E-state index in [4.69, 9.17) is 20.4 Å². The van der Waals surface area contributed by atoms with Gasteiger partial charge in [-0.25, -0.2) is 9.59 Å². The van der Waals surface area contributed by atoms with Gasteiger partial charge >= 0.3 is 23.9 Å². The predicted octanol–water partition coefficient (Wildman–Crippen LogP) is 0.845. The number of carbonyl (C=O) groups is 4. The first-order valence-corrected chi connectivity index (χ1v) is 9.41. The highest BCUT2D eigenvalue weighted by Crippen LogP contribution is 2.43. The Morgan fingerprint density at radius 3 is 1.62 bits per heavy atom. The maximum atomic E-state index is 11.4. The zero-order valence-electron chi connectivity index (χ0n) is 17.2. The lowest BCUT2D eigenvalue weighted by atomic mass is 9.67. The highest BCUT2D eigenvalue weighted by Gasteiger charge is 2.58. The molecule has 34 heavy (non-hydrogen) atoms. The van der Waals surface area contributed by atoms with Crippen LogP contribution < -0.4 is 0 Å². The van der Waals surface area contributed by atoms with E-state index < -0.39 is 70.0 Å². The van der Waals surface area contributed by atoms with Crippen LogP contribution in [0.3, 0.4) is 0 Å². The molecule has 0 saturated carbocycles. The van der Waals surface area contributed by atoms with Crippen molar-refractivity contribution in [1.29, 1.82) is 0 Å². The summed E-state index contributed by atoms with van der Waals surface area (Å²) in [6.45, 7) is 0. The largest absolute Gasteiger partial charge is 0.507 e. The molecule has 12 nitrogen and oxygen atoms in total. The SMILES string of the molecule is O=C(O)C1(C(=O)O)CC(O)(c2ccccc2)C=CC1O.O=C(O)c1cc(O)c(C(=O)O)cc1O. The van der Waals surface area contributed by atoms with Crippen LogP contribution in [0.15, 0.2) is 54.6 Å². The molecule has 180 valence electrons. The Kier molecular flexibility index (Phi) is 7.30. The van der Waals surface area contributed by atoms with Crippen molar-refractivity contribution in [1.82, 2.24) is 0 Å². The Hall–Kier alpha value is -4.42. The number of aliphatic carboxylic acids is 2. The number of aliphatic hydroxyl groups is 2. The van der Waals surface area contributed by atoms with E-state index in [9.17, 15) is 39.6 Å². The van der Waals surface area contributed by atoms with Gasteiger partial charge in [0.2, 0.25) is 0 Å². The molecule has 0 bridgehead atoms. The van der Waals surface area contributed by atoms with E-state index in [1.807, 2.05) is 0 Å². The zero-order chi connectivity index (χ0) is 25.8. The minimum absolute atomic E-state index is 0.370. The van der Waals surface area contributed by atoms with Crippen molar-refractivity contribution in [3.8, 4) is 11.5 Å². The maximum Gasteiger partial charge on any atom is 0.339 e. The van der Waals surface area contributed by atoms with Crippen LogP contribution in [0.25, 0.3) is 0 Å². The van der Waals surface area contributed by atoms with Gasteiger partial charge < -0.3 is 40.9 Å². The Bertz CT molecular complexity index is 1100. The monoisotopic (exact) mass is 476 g/mol. The summed E-state index contributed by atoms with van der Waals surface area (Å²) in [4.78, 5) is 43.6. The summed E-state index contributed by atoms with van der Waals surface area (Å²) in [6.07, 6.45) is -0.108. The summed E-state index contributed by atoms with van der Waals surface area (Å²) in [5, 5.41) is 74.0. The standard InChI is InChI=1S/C14H14O6.C8H6O6/c15-10-6-7-13(20,9-4-2-1-3-5-9)8-14(10,11(16)17)12(18)19;9-5-1-3(7(11)12)6(10)2-4(5)8(13)14/h1-7,10,15,20H,8H2,(H,16,17)(H,18,19);1-2,9-10H,(H,11,12)(H,13,14). The quantitative estimate of drug-likeness (QED) is 0.170. The second-order valence-electron chi connectivity index (χ2n) is 7.35. The van der Waals surface area contributed by atoms with Crippen LogP contribution >= 0.6 is 0 Å². The fourth-order valence-electron chi connectivity index (χ4n) is 3.34. The van der Waals surface area contributed by atoms with E-state index >= 15 is 0 Å². The van der Waals surface area contributed by atoms with Gasteiger partial charge in [-0.05, 0) is 23.8 Å². The van der Waals surface area contributed by atoms with E-state index in [0.29, 0.717) is 17.7 Å². The van der Waals surface area contributed by atoms with Crippen molar-refractivity contribution >= 4 is 23.9 Å². The normalized spacial score (nSPS) is 20.5. The molecule has 0 heterocycles. The third kappa shape index (κ3) is 4.82. The number of hydrogen-bond donors (Lipinski definition) is 8. The minimum atomic E-state index is -2.47. The Balaban J connectivity index is 0.000000257. The van der Waals surface area contributed by atoms with Crippen LogP contribution in [0.5, 0.6) is 11.5 Å². The molecule has 0 spiro atoms. The summed E-state index contributed by atoms with van der Waals surface area (Å²) < 4.78 is 0. The lowest BCUT2D eigenvalue weighted by Gasteiger charge is -2.39. The van der Waals surface area contributed by atoms with E-state index in [2.05, 4.69) is 0 Å². The average Bonchev–Trinajstić information content (AvgIpc) is 2.77. The number of carboxylic acids is 4. The van der Waals surface area contributed by atoms with E-state index in [1.165, 1.54) is 6.08 Å². The molecule has 12 heteroatoms. The molecule has 0 radical (unpaired) electrons. The fraction of sp³-hybridized carbons (Fsp3) is 0.182. The van der Waals surface area contributed by atoms with Gasteiger partial charge in [-0.2, -0.15) is 0 Å². The van der Waals surface area contributed by atoms with Crippen LogP contribution in [0.2, 0.25) is 0 Å². The third-order valence-electron chi connectivity index (χ3n) is 5.22. The van der Waals surface area contributed by atoms with Crippen molar-refractivity contribution in [2.24, 2.45) is 5.41 Å². The maximum absolute atomic E-state index is 11.4. The Morgan fingerprint density at radius 2 is 1.24 bits per heavy atom. The molecule has 2 unspecified atom stereocenters. The van der Waals surface area contributed by atoms with Gasteiger partial charge in [-0.1, -0.05) is 36.4 Å². The van der Waals surface area contributed by atoms with Crippen molar-refractivity contribution in [2.75, 3.05) is 0 Å². The van der Waals surface area contributed by atoms with Gasteiger partial charge in [0.1, 0.15) is 28.2 Å². The summed E-state index contributed by atoms with van der Waals surface area (Å²) >= 11 is 0. The van der Waals surface area contributed by atoms with Gasteiger partial charge in [-0.3, -0.25) is 9.59 Å². The third-order valence-corrected chi connectivity index (χ3v) is 5.22. The van der Waals surface area contributed by atoms with Crippen molar-refractivity contribution in [3.63, 3.8) is 0 Å². The van der Waals surface area contributed by atoms with Gasteiger partial charge in [0.25, 0.3) is 0 Å². The number of aromatic hydroxyl groups is 2. The second-order valence-corrected chi connectivity index (χ2v) is 7.35. The molecule has 1 aliphatic carbocycles. The number of benzene rings is 2. The predicted molar refractivity (Wildman–Crippen MR) is 111 cm³/mol. The molecule has 0 aromatic heterocycles. The first-order chi connectivity index (χ1) is 15.8. The summed E-state index contributed by atoms with van der Waals surface area (Å²) in [5.41, 5.74) is -4.95. The highest BCUT2D eigenvalue weighted by molar-refractivity contribution is 6.00. The van der Waals surface area contributed by atoms with E-state index in [-0.39, 0.29) is 0 Å². The van der Waals surface area contributed by atoms with Crippen LogP contribution in [-0.4, -0.2) is 70.8 Å². The van der Waals surface area contributed by atoms with Gasteiger partial charge in [0.05, 0.1) is 6.10 Å². The molecule has 2 aromatic carbocycles. The molecule has 8 N–H and O–H groups in total. The molecule has 1 aliphatic rings. The first-order valence-electron chi connectivity index (χ1n) is 9.41. The molecule has 3 rings (SSSR count). The lowest BCUT2D eigenvalue weighted by Crippen LogP contribution is -2.54. The minimum Gasteiger partial charge on any atom is -0.507 e. The number of aromatic carboxylic acids is 2. The first kappa shape index (κ1) is 25.8. The summed E-state index contributed by atoms with van der Waals surface area (Å²) in [7, 11) is 0. The van der Waals surface area contributed by atoms with Crippen LogP contribution in [-0.2, 0) is 15.2 Å². The topological polar surface area (TPSA) is 230 Å². The van der Waals surface area contributed by atoms with Gasteiger partial charge in [0, 0.05) is 6.42 Å². The second kappa shape index (κ2) is 9.60. The number of carboxylic acid groups (broad SMARTS) is 4. The molecule has 2 aromatic rings. The number of rotatable bonds is 5. The average molecular weight is 476 g/mol. The van der Waals surface area contributed by atoms with E-state index in [0.717, 1.165) is 6.08 Å². The Labute approximate surface area is 190 Å². The smallest absolute Gasteiger partial charge is 0.339 e. The van der Waals surface area contributed by atoms with Crippen LogP contribution in [0.1, 0.15) is 32.7 Å². The van der Waals surface area contributed by atoms with E-state index in [1.54, 1.807) is 30.3 Å². The Morgan fingerprint density at radius 1 is 0.794 bits per heavy atom. The van der Waals surface area contributed by atoms with Crippen molar-refractivity contribution < 1.29 is 60.0 Å². The zero-order valence-corrected chi connectivity index (χ0v) is 17.2. The summed E-state index contributed by atoms with van der Waals surface area (Å²) in [6, 6.07) is 9.51. The lowest BCUT2D eigenvalue weighted by molar-refractivity contribution is -0.178. The number of hydrogen-bond acceptors (Lipinski definition) is 8. The molecule has 0 saturated heterocycles. The molecular formula is C22H20O12. The molecule has 0 aliphatic heterocycles. The van der Waals surface area contributed by atoms with Crippen LogP contribution in [0, 0.1) is 5.41 Å². The number of aliphatic hydroxyl groups excluding tert-OH is 1. The molecule has 2 atom stereocenters. The fourth-order valence-corrected chi connectivity index (χ4v) is 3.34. The van der Waals surface area contributed by atoms with Crippen LogP contribution in [0.4, 0.5) is 0 Å². The van der Waals surface area contributed by atoms with Gasteiger partial charge in [-0.15, -0.1) is 0 Å². The molecule has 0 fully saturated rings. The number of phenols is 2. The highest BCUT2D eigenvalue weighted by atomic mass is 16.4. The molecule has 0 amide bonds. The molecular weight excluding hydrogens is 456 g/mol. The van der Waals surface area contributed by atoms with Crippen molar-refractivity contribution in [3.05, 3.63) is 71.3 Å². The summed E-state index contributed by atoms with van der Waals surface area (Å²) in [5.74, 6) is -7.67.